The second-order valence-electron chi connectivity index (χ2n) is 2.10. The van der Waals surface area contributed by atoms with Gasteiger partial charge in [-0.3, -0.25) is 0 Å². The number of ether oxygens (including phenoxy) is 2. The smallest absolute Gasteiger partial charge is 0.343 e. The monoisotopic (exact) mass is 171 g/mol. The van der Waals surface area contributed by atoms with Gasteiger partial charge >= 0.3 is 5.97 Å². The molecule has 1 aromatic heterocycles. The van der Waals surface area contributed by atoms with E-state index in [0.29, 0.717) is 11.3 Å². The highest BCUT2D eigenvalue weighted by molar-refractivity contribution is 5.89. The van der Waals surface area contributed by atoms with Crippen molar-refractivity contribution in [1.82, 2.24) is 5.16 Å². The predicted molar refractivity (Wildman–Crippen MR) is 38.6 cm³/mol. The van der Waals surface area contributed by atoms with Gasteiger partial charge in [0.2, 0.25) is 0 Å². The second-order valence-corrected chi connectivity index (χ2v) is 2.10. The lowest BCUT2D eigenvalue weighted by Gasteiger charge is -1.96. The Morgan fingerprint density at radius 3 is 3.00 bits per heavy atom. The Labute approximate surface area is 69.2 Å². The number of aromatic nitrogens is 1. The summed E-state index contributed by atoms with van der Waals surface area (Å²) in [4.78, 5) is 11.0. The van der Waals surface area contributed by atoms with E-state index in [1.165, 1.54) is 20.5 Å². The molecule has 0 aliphatic rings. The summed E-state index contributed by atoms with van der Waals surface area (Å²) in [7, 11) is 2.81. The molecule has 0 radical (unpaired) electrons. The van der Waals surface area contributed by atoms with Crippen molar-refractivity contribution in [2.24, 2.45) is 0 Å². The molecule has 0 aromatic carbocycles. The zero-order chi connectivity index (χ0) is 8.97. The highest BCUT2D eigenvalue weighted by Crippen LogP contribution is 2.08. The third-order valence-electron chi connectivity index (χ3n) is 1.33. The summed E-state index contributed by atoms with van der Waals surface area (Å²) in [6.07, 6.45) is 1.24. The van der Waals surface area contributed by atoms with Gasteiger partial charge in [0.15, 0.2) is 0 Å². The van der Waals surface area contributed by atoms with Gasteiger partial charge in [-0.25, -0.2) is 4.79 Å². The quantitative estimate of drug-likeness (QED) is 0.623. The maximum absolute atomic E-state index is 11.0. The lowest BCUT2D eigenvalue weighted by atomic mass is 10.2. The van der Waals surface area contributed by atoms with E-state index < -0.39 is 5.97 Å². The van der Waals surface area contributed by atoms with E-state index in [4.69, 9.17) is 4.74 Å². The Balaban J connectivity index is 2.83. The molecule has 0 saturated carbocycles. The van der Waals surface area contributed by atoms with Gasteiger partial charge in [0.25, 0.3) is 0 Å². The summed E-state index contributed by atoms with van der Waals surface area (Å²) in [6, 6.07) is 0. The van der Waals surface area contributed by atoms with Crippen molar-refractivity contribution in [1.29, 1.82) is 0 Å². The summed E-state index contributed by atoms with van der Waals surface area (Å²) in [6.45, 7) is 0.237. The topological polar surface area (TPSA) is 61.6 Å². The number of carbonyl (C=O) groups is 1. The number of hydrogen-bond acceptors (Lipinski definition) is 5. The summed E-state index contributed by atoms with van der Waals surface area (Å²) < 4.78 is 13.9. The minimum Gasteiger partial charge on any atom is -0.465 e. The predicted octanol–water partition coefficient (Wildman–Crippen LogP) is 0.608. The van der Waals surface area contributed by atoms with Crippen LogP contribution in [0, 0.1) is 0 Å². The molecule has 0 aliphatic heterocycles. The Morgan fingerprint density at radius 2 is 2.42 bits per heavy atom. The van der Waals surface area contributed by atoms with Crippen molar-refractivity contribution >= 4 is 5.97 Å². The van der Waals surface area contributed by atoms with Crippen LogP contribution in [0.4, 0.5) is 0 Å². The van der Waals surface area contributed by atoms with Crippen molar-refractivity contribution in [2.45, 2.75) is 6.61 Å². The summed E-state index contributed by atoms with van der Waals surface area (Å²) in [5.41, 5.74) is 0.753. The number of esters is 1. The molecule has 12 heavy (non-hydrogen) atoms. The molecule has 0 saturated heterocycles. The molecule has 0 aliphatic carbocycles. The van der Waals surface area contributed by atoms with E-state index in [1.807, 2.05) is 0 Å². The highest BCUT2D eigenvalue weighted by Gasteiger charge is 2.15. The Kier molecular flexibility index (Phi) is 2.82. The van der Waals surface area contributed by atoms with E-state index in [-0.39, 0.29) is 6.61 Å². The molecule has 0 bridgehead atoms. The minimum atomic E-state index is -0.469. The molecule has 0 spiro atoms. The van der Waals surface area contributed by atoms with Crippen molar-refractivity contribution in [3.63, 3.8) is 0 Å². The first kappa shape index (κ1) is 8.73. The fraction of sp³-hybridized carbons (Fsp3) is 0.429. The van der Waals surface area contributed by atoms with Gasteiger partial charge < -0.3 is 14.0 Å². The van der Waals surface area contributed by atoms with E-state index in [1.54, 1.807) is 0 Å². The van der Waals surface area contributed by atoms with E-state index in [9.17, 15) is 4.79 Å². The van der Waals surface area contributed by atoms with E-state index in [2.05, 4.69) is 14.4 Å². The molecule has 0 amide bonds. The average molecular weight is 171 g/mol. The van der Waals surface area contributed by atoms with Gasteiger partial charge in [0.05, 0.1) is 13.7 Å². The molecule has 0 N–H and O–H groups in total. The summed E-state index contributed by atoms with van der Waals surface area (Å²) in [5, 5.41) is 3.57. The third-order valence-corrected chi connectivity index (χ3v) is 1.33. The molecule has 5 heteroatoms. The van der Waals surface area contributed by atoms with Gasteiger partial charge in [-0.15, -0.1) is 0 Å². The van der Waals surface area contributed by atoms with Crippen molar-refractivity contribution in [3.05, 3.63) is 17.5 Å². The summed E-state index contributed by atoms with van der Waals surface area (Å²) >= 11 is 0. The number of rotatable bonds is 3. The van der Waals surface area contributed by atoms with Crippen LogP contribution in [-0.4, -0.2) is 25.3 Å². The minimum absolute atomic E-state index is 0.237. The lowest BCUT2D eigenvalue weighted by molar-refractivity contribution is 0.0595. The zero-order valence-corrected chi connectivity index (χ0v) is 6.86. The first-order valence-corrected chi connectivity index (χ1v) is 3.30. The maximum Gasteiger partial charge on any atom is 0.343 e. The van der Waals surface area contributed by atoms with E-state index >= 15 is 0 Å². The molecule has 0 atom stereocenters. The Morgan fingerprint density at radius 1 is 1.67 bits per heavy atom. The number of carbonyl (C=O) groups excluding carboxylic acids is 1. The van der Waals surface area contributed by atoms with Gasteiger partial charge in [0.1, 0.15) is 17.5 Å². The molecular weight excluding hydrogens is 162 g/mol. The first-order valence-electron chi connectivity index (χ1n) is 3.30. The van der Waals surface area contributed by atoms with Crippen LogP contribution >= 0.6 is 0 Å². The van der Waals surface area contributed by atoms with Crippen LogP contribution in [0.25, 0.3) is 0 Å². The van der Waals surface area contributed by atoms with Crippen LogP contribution in [0.1, 0.15) is 16.1 Å². The van der Waals surface area contributed by atoms with Crippen LogP contribution in [0.15, 0.2) is 10.8 Å². The van der Waals surface area contributed by atoms with Gasteiger partial charge in [-0.1, -0.05) is 5.16 Å². The Hall–Kier alpha value is -1.36. The number of methoxy groups -OCH3 is 2. The first-order chi connectivity index (χ1) is 5.79. The Bertz CT molecular complexity index is 268. The van der Waals surface area contributed by atoms with Crippen LogP contribution in [0.3, 0.4) is 0 Å². The third kappa shape index (κ3) is 1.62. The van der Waals surface area contributed by atoms with Crippen LogP contribution in [-0.2, 0) is 16.1 Å². The fourth-order valence-electron chi connectivity index (χ4n) is 0.777. The van der Waals surface area contributed by atoms with E-state index in [0.717, 1.165) is 0 Å². The fourth-order valence-corrected chi connectivity index (χ4v) is 0.777. The van der Waals surface area contributed by atoms with Gasteiger partial charge in [0, 0.05) is 7.11 Å². The molecule has 1 aromatic rings. The molecule has 0 fully saturated rings. The van der Waals surface area contributed by atoms with Gasteiger partial charge in [-0.05, 0) is 0 Å². The molecule has 0 unspecified atom stereocenters. The second kappa shape index (κ2) is 3.87. The highest BCUT2D eigenvalue weighted by atomic mass is 16.5. The molecule has 5 nitrogen and oxygen atoms in total. The van der Waals surface area contributed by atoms with Crippen molar-refractivity contribution in [2.75, 3.05) is 14.2 Å². The molecule has 1 rings (SSSR count). The van der Waals surface area contributed by atoms with Crippen LogP contribution in [0.5, 0.6) is 0 Å². The summed E-state index contributed by atoms with van der Waals surface area (Å²) in [5.74, 6) is -0.469. The van der Waals surface area contributed by atoms with Crippen LogP contribution in [0.2, 0.25) is 0 Å². The molecular formula is C7H9NO4. The largest absolute Gasteiger partial charge is 0.465 e. The van der Waals surface area contributed by atoms with Crippen molar-refractivity contribution < 1.29 is 18.8 Å². The maximum atomic E-state index is 11.0. The average Bonchev–Trinajstić information content (AvgIpc) is 2.52. The van der Waals surface area contributed by atoms with Gasteiger partial charge in [-0.2, -0.15) is 0 Å². The normalized spacial score (nSPS) is 9.83. The van der Waals surface area contributed by atoms with Crippen molar-refractivity contribution in [3.8, 4) is 0 Å². The number of hydrogen-bond donors (Lipinski definition) is 0. The SMILES string of the molecule is COCc1nocc1C(=O)OC. The van der Waals surface area contributed by atoms with Crippen LogP contribution < -0.4 is 0 Å². The standard InChI is InChI=1S/C7H9NO4/c1-10-4-6-5(3-12-8-6)7(9)11-2/h3H,4H2,1-2H3. The molecule has 66 valence electrons. The lowest BCUT2D eigenvalue weighted by Crippen LogP contribution is -2.04. The number of nitrogens with zero attached hydrogens (tertiary/aromatic N) is 1. The zero-order valence-electron chi connectivity index (χ0n) is 6.86. The molecule has 1 heterocycles.